The molecule has 0 spiro atoms. The maximum atomic E-state index is 11.4. The van der Waals surface area contributed by atoms with E-state index < -0.39 is 0 Å². The normalized spacial score (nSPS) is 10.0. The lowest BCUT2D eigenvalue weighted by Gasteiger charge is -2.05. The van der Waals surface area contributed by atoms with Gasteiger partial charge in [0.25, 0.3) is 0 Å². The Hall–Kier alpha value is -1.13. The van der Waals surface area contributed by atoms with Crippen LogP contribution in [0.3, 0.4) is 0 Å². The number of anilines is 1. The smallest absolute Gasteiger partial charge is 0.224 e. The highest BCUT2D eigenvalue weighted by molar-refractivity contribution is 6.32. The minimum Gasteiger partial charge on any atom is -0.323 e. The number of nitrogens with one attached hydrogen (secondary N) is 2. The van der Waals surface area contributed by atoms with Crippen molar-refractivity contribution >= 4 is 23.2 Å². The summed E-state index contributed by atoms with van der Waals surface area (Å²) in [5, 5.41) is 6.01. The van der Waals surface area contributed by atoms with Crippen LogP contribution in [0.4, 0.5) is 5.69 Å². The van der Waals surface area contributed by atoms with Gasteiger partial charge in [-0.3, -0.25) is 4.79 Å². The number of amides is 1. The van der Waals surface area contributed by atoms with Crippen molar-refractivity contribution in [3.05, 3.63) is 23.5 Å². The molecule has 1 aromatic rings. The molecule has 0 fully saturated rings. The number of aromatic nitrogens is 1. The second-order valence-corrected chi connectivity index (χ2v) is 3.46. The number of nitrogens with zero attached hydrogens (tertiary/aromatic N) is 1. The van der Waals surface area contributed by atoms with Crippen LogP contribution < -0.4 is 10.6 Å². The summed E-state index contributed by atoms with van der Waals surface area (Å²) < 4.78 is 0. The molecular formula is C10H14ClN3O. The topological polar surface area (TPSA) is 54.0 Å². The van der Waals surface area contributed by atoms with Crippen molar-refractivity contribution in [1.82, 2.24) is 10.3 Å². The van der Waals surface area contributed by atoms with Crippen LogP contribution in [0, 0.1) is 0 Å². The molecule has 2 N–H and O–H groups in total. The third-order valence-corrected chi connectivity index (χ3v) is 2.16. The molecule has 0 aliphatic heterocycles. The lowest BCUT2D eigenvalue weighted by molar-refractivity contribution is -0.116. The van der Waals surface area contributed by atoms with Crippen LogP contribution in [0.1, 0.15) is 12.8 Å². The standard InChI is InChI=1S/C10H14ClN3O/c1-12-6-3-5-9(15)14-8-4-2-7-13-10(8)11/h2,4,7,12H,3,5-6H2,1H3,(H,14,15). The SMILES string of the molecule is CNCCCC(=O)Nc1cccnc1Cl. The summed E-state index contributed by atoms with van der Waals surface area (Å²) in [6, 6.07) is 3.46. The monoisotopic (exact) mass is 227 g/mol. The number of carbonyl (C=O) groups excluding carboxylic acids is 1. The van der Waals surface area contributed by atoms with Gasteiger partial charge in [-0.1, -0.05) is 11.6 Å². The van der Waals surface area contributed by atoms with Crippen molar-refractivity contribution in [3.63, 3.8) is 0 Å². The van der Waals surface area contributed by atoms with Gasteiger partial charge in [-0.25, -0.2) is 4.98 Å². The second-order valence-electron chi connectivity index (χ2n) is 3.10. The first-order chi connectivity index (χ1) is 7.24. The highest BCUT2D eigenvalue weighted by atomic mass is 35.5. The fraction of sp³-hybridized carbons (Fsp3) is 0.400. The van der Waals surface area contributed by atoms with Crippen LogP contribution in [-0.4, -0.2) is 24.5 Å². The first-order valence-corrected chi connectivity index (χ1v) is 5.17. The molecule has 0 saturated carbocycles. The third kappa shape index (κ3) is 4.27. The van der Waals surface area contributed by atoms with Gasteiger partial charge >= 0.3 is 0 Å². The summed E-state index contributed by atoms with van der Waals surface area (Å²) in [5.41, 5.74) is 0.564. The van der Waals surface area contributed by atoms with Crippen molar-refractivity contribution in [1.29, 1.82) is 0 Å². The van der Waals surface area contributed by atoms with Gasteiger partial charge in [-0.05, 0) is 32.1 Å². The van der Waals surface area contributed by atoms with Crippen molar-refractivity contribution in [2.45, 2.75) is 12.8 Å². The number of rotatable bonds is 5. The van der Waals surface area contributed by atoms with Crippen LogP contribution in [0.15, 0.2) is 18.3 Å². The predicted molar refractivity (Wildman–Crippen MR) is 61.0 cm³/mol. The maximum Gasteiger partial charge on any atom is 0.224 e. The fourth-order valence-corrected chi connectivity index (χ4v) is 1.28. The molecule has 1 amide bonds. The van der Waals surface area contributed by atoms with Crippen molar-refractivity contribution < 1.29 is 4.79 Å². The van der Waals surface area contributed by atoms with Gasteiger partial charge < -0.3 is 10.6 Å². The Kier molecular flexibility index (Phi) is 5.07. The Morgan fingerprint density at radius 3 is 3.07 bits per heavy atom. The number of hydrogen-bond acceptors (Lipinski definition) is 3. The van der Waals surface area contributed by atoms with Gasteiger partial charge in [0.1, 0.15) is 0 Å². The quantitative estimate of drug-likeness (QED) is 0.595. The zero-order valence-corrected chi connectivity index (χ0v) is 9.34. The van der Waals surface area contributed by atoms with Crippen LogP contribution in [-0.2, 0) is 4.79 Å². The number of halogens is 1. The average molecular weight is 228 g/mol. The summed E-state index contributed by atoms with van der Waals surface area (Å²) in [6.45, 7) is 0.828. The van der Waals surface area contributed by atoms with E-state index in [1.165, 1.54) is 0 Å². The molecule has 0 unspecified atom stereocenters. The van der Waals surface area contributed by atoms with E-state index in [2.05, 4.69) is 15.6 Å². The van der Waals surface area contributed by atoms with Crippen LogP contribution in [0.25, 0.3) is 0 Å². The summed E-state index contributed by atoms with van der Waals surface area (Å²) in [7, 11) is 1.86. The van der Waals surface area contributed by atoms with E-state index >= 15 is 0 Å². The van der Waals surface area contributed by atoms with Crippen LogP contribution in [0.2, 0.25) is 5.15 Å². The molecule has 5 heteroatoms. The summed E-state index contributed by atoms with van der Waals surface area (Å²) in [6.07, 6.45) is 2.87. The van der Waals surface area contributed by atoms with E-state index in [1.54, 1.807) is 18.3 Å². The van der Waals surface area contributed by atoms with Gasteiger partial charge in [-0.2, -0.15) is 0 Å². The Bertz CT molecular complexity index is 330. The molecular weight excluding hydrogens is 214 g/mol. The highest BCUT2D eigenvalue weighted by Crippen LogP contribution is 2.17. The van der Waals surface area contributed by atoms with Gasteiger partial charge in [0.15, 0.2) is 5.15 Å². The average Bonchev–Trinajstić information content (AvgIpc) is 2.22. The molecule has 1 heterocycles. The lowest BCUT2D eigenvalue weighted by Crippen LogP contribution is -2.15. The van der Waals surface area contributed by atoms with E-state index in [1.807, 2.05) is 7.05 Å². The molecule has 1 aromatic heterocycles. The Morgan fingerprint density at radius 1 is 1.60 bits per heavy atom. The molecule has 4 nitrogen and oxygen atoms in total. The highest BCUT2D eigenvalue weighted by Gasteiger charge is 2.04. The molecule has 0 radical (unpaired) electrons. The largest absolute Gasteiger partial charge is 0.323 e. The molecule has 0 aromatic carbocycles. The second kappa shape index (κ2) is 6.37. The predicted octanol–water partition coefficient (Wildman–Crippen LogP) is 1.67. The molecule has 0 aliphatic carbocycles. The molecule has 0 saturated heterocycles. The fourth-order valence-electron chi connectivity index (χ4n) is 1.12. The number of carbonyl (C=O) groups is 1. The Morgan fingerprint density at radius 2 is 2.40 bits per heavy atom. The summed E-state index contributed by atoms with van der Waals surface area (Å²) in [4.78, 5) is 15.3. The van der Waals surface area contributed by atoms with E-state index in [9.17, 15) is 4.79 Å². The Labute approximate surface area is 94.0 Å². The van der Waals surface area contributed by atoms with Crippen LogP contribution in [0.5, 0.6) is 0 Å². The number of pyridine rings is 1. The molecule has 0 bridgehead atoms. The third-order valence-electron chi connectivity index (χ3n) is 1.86. The van der Waals surface area contributed by atoms with Gasteiger partial charge in [-0.15, -0.1) is 0 Å². The van der Waals surface area contributed by atoms with Crippen LogP contribution >= 0.6 is 11.6 Å². The van der Waals surface area contributed by atoms with Crippen molar-refractivity contribution in [2.75, 3.05) is 18.9 Å². The molecule has 82 valence electrons. The van der Waals surface area contributed by atoms with Gasteiger partial charge in [0, 0.05) is 12.6 Å². The van der Waals surface area contributed by atoms with E-state index in [0.717, 1.165) is 13.0 Å². The molecule has 15 heavy (non-hydrogen) atoms. The minimum atomic E-state index is -0.0415. The molecule has 1 rings (SSSR count). The first kappa shape index (κ1) is 11.9. The zero-order chi connectivity index (χ0) is 11.1. The summed E-state index contributed by atoms with van der Waals surface area (Å²) >= 11 is 5.79. The summed E-state index contributed by atoms with van der Waals surface area (Å²) in [5.74, 6) is -0.0415. The van der Waals surface area contributed by atoms with E-state index in [-0.39, 0.29) is 5.91 Å². The number of hydrogen-bond donors (Lipinski definition) is 2. The Balaban J connectivity index is 2.41. The minimum absolute atomic E-state index is 0.0415. The van der Waals surface area contributed by atoms with Crippen molar-refractivity contribution in [2.24, 2.45) is 0 Å². The molecule has 0 aliphatic rings. The van der Waals surface area contributed by atoms with Gasteiger partial charge in [0.2, 0.25) is 5.91 Å². The van der Waals surface area contributed by atoms with E-state index in [4.69, 9.17) is 11.6 Å². The first-order valence-electron chi connectivity index (χ1n) is 4.79. The maximum absolute atomic E-state index is 11.4. The van der Waals surface area contributed by atoms with Crippen molar-refractivity contribution in [3.8, 4) is 0 Å². The van der Waals surface area contributed by atoms with Gasteiger partial charge in [0.05, 0.1) is 5.69 Å². The lowest BCUT2D eigenvalue weighted by atomic mass is 10.3. The zero-order valence-electron chi connectivity index (χ0n) is 8.59. The van der Waals surface area contributed by atoms with E-state index in [0.29, 0.717) is 17.3 Å². The molecule has 0 atom stereocenters.